The zero-order valence-corrected chi connectivity index (χ0v) is 13.0. The first-order chi connectivity index (χ1) is 9.90. The third-order valence-corrected chi connectivity index (χ3v) is 4.06. The molecule has 2 rings (SSSR count). The van der Waals surface area contributed by atoms with Crippen molar-refractivity contribution in [1.29, 1.82) is 0 Å². The molecule has 0 fully saturated rings. The lowest BCUT2D eigenvalue weighted by Gasteiger charge is -2.14. The molecule has 0 radical (unpaired) electrons. The molecule has 0 spiro atoms. The maximum atomic E-state index is 14.3. The quantitative estimate of drug-likeness (QED) is 0.849. The zero-order valence-electron chi connectivity index (χ0n) is 12.2. The van der Waals surface area contributed by atoms with Gasteiger partial charge in [0.05, 0.1) is 11.6 Å². The molecule has 8 heteroatoms. The zero-order chi connectivity index (χ0) is 15.6. The molecule has 2 atom stereocenters. The summed E-state index contributed by atoms with van der Waals surface area (Å²) in [6, 6.07) is 3.01. The van der Waals surface area contributed by atoms with E-state index in [1.54, 1.807) is 23.9 Å². The maximum Gasteiger partial charge on any atom is 0.185 e. The highest BCUT2D eigenvalue weighted by atomic mass is 32.2. The lowest BCUT2D eigenvalue weighted by molar-refractivity contribution is 0.469. The van der Waals surface area contributed by atoms with Gasteiger partial charge in [0.15, 0.2) is 5.82 Å². The van der Waals surface area contributed by atoms with Gasteiger partial charge in [-0.1, -0.05) is 0 Å². The third kappa shape index (κ3) is 3.44. The van der Waals surface area contributed by atoms with E-state index in [4.69, 9.17) is 5.73 Å². The summed E-state index contributed by atoms with van der Waals surface area (Å²) in [6.07, 6.45) is 2.29. The van der Waals surface area contributed by atoms with Gasteiger partial charge in [-0.2, -0.15) is 0 Å². The van der Waals surface area contributed by atoms with E-state index in [9.17, 15) is 8.60 Å². The van der Waals surface area contributed by atoms with Crippen molar-refractivity contribution < 1.29 is 8.60 Å². The molecule has 0 bridgehead atoms. The molecular formula is C13H18FN5OS. The number of hydrogen-bond acceptors (Lipinski definition) is 5. The SMILES string of the molecule is Cc1cc(N)cc(-c2nnnn2C(C)CCS(C)=O)c1F. The number of nitrogens with two attached hydrogens (primary N) is 1. The summed E-state index contributed by atoms with van der Waals surface area (Å²) in [5.41, 5.74) is 6.96. The van der Waals surface area contributed by atoms with Gasteiger partial charge in [-0.25, -0.2) is 9.07 Å². The summed E-state index contributed by atoms with van der Waals surface area (Å²) in [4.78, 5) is 0. The van der Waals surface area contributed by atoms with Gasteiger partial charge in [-0.3, -0.25) is 4.21 Å². The van der Waals surface area contributed by atoms with E-state index < -0.39 is 10.8 Å². The molecular weight excluding hydrogens is 293 g/mol. The number of aryl methyl sites for hydroxylation is 1. The Labute approximate surface area is 125 Å². The summed E-state index contributed by atoms with van der Waals surface area (Å²) >= 11 is 0. The van der Waals surface area contributed by atoms with E-state index >= 15 is 0 Å². The molecule has 6 nitrogen and oxygen atoms in total. The summed E-state index contributed by atoms with van der Waals surface area (Å²) in [5.74, 6) is 0.489. The molecule has 114 valence electrons. The van der Waals surface area contributed by atoms with Gasteiger partial charge < -0.3 is 5.73 Å². The first kappa shape index (κ1) is 15.6. The van der Waals surface area contributed by atoms with Crippen LogP contribution in [0.2, 0.25) is 0 Å². The summed E-state index contributed by atoms with van der Waals surface area (Å²) in [6.45, 7) is 3.55. The van der Waals surface area contributed by atoms with Gasteiger partial charge >= 0.3 is 0 Å². The molecule has 2 aromatic rings. The van der Waals surface area contributed by atoms with Crippen LogP contribution >= 0.6 is 0 Å². The van der Waals surface area contributed by atoms with Gasteiger partial charge in [0.1, 0.15) is 5.82 Å². The van der Waals surface area contributed by atoms with Crippen LogP contribution < -0.4 is 5.73 Å². The lowest BCUT2D eigenvalue weighted by atomic mass is 10.1. The van der Waals surface area contributed by atoms with Crippen molar-refractivity contribution in [1.82, 2.24) is 20.2 Å². The van der Waals surface area contributed by atoms with E-state index in [1.807, 2.05) is 6.92 Å². The first-order valence-electron chi connectivity index (χ1n) is 6.54. The number of nitrogen functional groups attached to an aromatic ring is 1. The van der Waals surface area contributed by atoms with Crippen LogP contribution in [0.15, 0.2) is 12.1 Å². The Bertz CT molecular complexity index is 673. The van der Waals surface area contributed by atoms with Crippen molar-refractivity contribution in [2.24, 2.45) is 0 Å². The van der Waals surface area contributed by atoms with Crippen LogP contribution in [0.1, 0.15) is 24.9 Å². The number of aromatic nitrogens is 4. The smallest absolute Gasteiger partial charge is 0.185 e. The third-order valence-electron chi connectivity index (χ3n) is 3.25. The fraction of sp³-hybridized carbons (Fsp3) is 0.462. The van der Waals surface area contributed by atoms with Gasteiger partial charge in [-0.05, 0) is 48.4 Å². The molecule has 0 amide bonds. The van der Waals surface area contributed by atoms with Crippen LogP contribution in [0.3, 0.4) is 0 Å². The number of halogens is 1. The van der Waals surface area contributed by atoms with Crippen molar-refractivity contribution in [3.8, 4) is 11.4 Å². The fourth-order valence-corrected chi connectivity index (χ4v) is 2.76. The lowest BCUT2D eigenvalue weighted by Crippen LogP contribution is -2.12. The number of nitrogens with zero attached hydrogens (tertiary/aromatic N) is 4. The van der Waals surface area contributed by atoms with E-state index in [2.05, 4.69) is 15.5 Å². The highest BCUT2D eigenvalue weighted by Crippen LogP contribution is 2.27. The Morgan fingerprint density at radius 3 is 2.86 bits per heavy atom. The summed E-state index contributed by atoms with van der Waals surface area (Å²) in [5, 5.41) is 11.5. The molecule has 1 aromatic heterocycles. The molecule has 0 aliphatic rings. The summed E-state index contributed by atoms with van der Waals surface area (Å²) in [7, 11) is -0.887. The van der Waals surface area contributed by atoms with Crippen LogP contribution in [0.4, 0.5) is 10.1 Å². The van der Waals surface area contributed by atoms with Crippen LogP contribution in [0, 0.1) is 12.7 Å². The standard InChI is InChI=1S/C13H18FN5OS/c1-8-6-10(15)7-11(12(8)14)13-16-17-18-19(13)9(2)4-5-21(3)20/h6-7,9H,4-5,15H2,1-3H3. The predicted molar refractivity (Wildman–Crippen MR) is 80.6 cm³/mol. The first-order valence-corrected chi connectivity index (χ1v) is 8.26. The fourth-order valence-electron chi connectivity index (χ4n) is 2.09. The van der Waals surface area contributed by atoms with Crippen LogP contribution in [0.5, 0.6) is 0 Å². The second-order valence-corrected chi connectivity index (χ2v) is 6.62. The highest BCUT2D eigenvalue weighted by molar-refractivity contribution is 7.84. The van der Waals surface area contributed by atoms with Crippen molar-refractivity contribution in [2.75, 3.05) is 17.7 Å². The average Bonchev–Trinajstić information content (AvgIpc) is 2.89. The number of tetrazole rings is 1. The second-order valence-electron chi connectivity index (χ2n) is 5.06. The summed E-state index contributed by atoms with van der Waals surface area (Å²) < 4.78 is 27.0. The number of benzene rings is 1. The van der Waals surface area contributed by atoms with E-state index in [1.165, 1.54) is 6.07 Å². The van der Waals surface area contributed by atoms with E-state index in [0.29, 0.717) is 29.2 Å². The topological polar surface area (TPSA) is 86.7 Å². The average molecular weight is 311 g/mol. The number of hydrogen-bond donors (Lipinski definition) is 1. The van der Waals surface area contributed by atoms with Crippen LogP contribution in [-0.2, 0) is 10.8 Å². The monoisotopic (exact) mass is 311 g/mol. The molecule has 0 aliphatic heterocycles. The van der Waals surface area contributed by atoms with Crippen LogP contribution in [0.25, 0.3) is 11.4 Å². The van der Waals surface area contributed by atoms with Gasteiger partial charge in [0.25, 0.3) is 0 Å². The molecule has 2 N–H and O–H groups in total. The predicted octanol–water partition coefficient (Wildman–Crippen LogP) is 1.70. The molecule has 0 aliphatic carbocycles. The van der Waals surface area contributed by atoms with Crippen LogP contribution in [-0.4, -0.2) is 36.4 Å². The molecule has 2 unspecified atom stereocenters. The Balaban J connectivity index is 2.39. The Morgan fingerprint density at radius 1 is 1.48 bits per heavy atom. The minimum absolute atomic E-state index is 0.0833. The Kier molecular flexibility index (Phi) is 4.66. The van der Waals surface area contributed by atoms with Gasteiger partial charge in [-0.15, -0.1) is 5.10 Å². The van der Waals surface area contributed by atoms with E-state index in [-0.39, 0.29) is 17.4 Å². The maximum absolute atomic E-state index is 14.3. The van der Waals surface area contributed by atoms with Gasteiger partial charge in [0.2, 0.25) is 0 Å². The van der Waals surface area contributed by atoms with Crippen molar-refractivity contribution >= 4 is 16.5 Å². The normalized spacial score (nSPS) is 14.1. The van der Waals surface area contributed by atoms with Crippen molar-refractivity contribution in [2.45, 2.75) is 26.3 Å². The molecule has 1 aromatic carbocycles. The minimum atomic E-state index is -0.887. The highest BCUT2D eigenvalue weighted by Gasteiger charge is 2.19. The number of anilines is 1. The largest absolute Gasteiger partial charge is 0.399 e. The van der Waals surface area contributed by atoms with Gasteiger partial charge in [0, 0.05) is 28.5 Å². The van der Waals surface area contributed by atoms with E-state index in [0.717, 1.165) is 0 Å². The molecule has 21 heavy (non-hydrogen) atoms. The number of rotatable bonds is 5. The Hall–Kier alpha value is -1.83. The molecule has 0 saturated carbocycles. The molecule has 1 heterocycles. The Morgan fingerprint density at radius 2 is 2.19 bits per heavy atom. The molecule has 0 saturated heterocycles. The van der Waals surface area contributed by atoms with Crippen molar-refractivity contribution in [3.05, 3.63) is 23.5 Å². The minimum Gasteiger partial charge on any atom is -0.399 e. The second kappa shape index (κ2) is 6.30. The van der Waals surface area contributed by atoms with Crippen molar-refractivity contribution in [3.63, 3.8) is 0 Å².